The number of imidazole rings is 1. The van der Waals surface area contributed by atoms with Crippen LogP contribution in [0.5, 0.6) is 0 Å². The molecule has 0 spiro atoms. The second-order valence-electron chi connectivity index (χ2n) is 4.53. The fourth-order valence-corrected chi connectivity index (χ4v) is 2.16. The SMILES string of the molecule is CC(NC(=O)c1c[nH]c(=O)[nH]1)C1CCCNC1. The molecule has 1 saturated heterocycles. The quantitative estimate of drug-likeness (QED) is 0.589. The number of amides is 1. The van der Waals surface area contributed by atoms with Gasteiger partial charge in [0.1, 0.15) is 5.69 Å². The van der Waals surface area contributed by atoms with E-state index < -0.39 is 0 Å². The van der Waals surface area contributed by atoms with Crippen LogP contribution in [-0.4, -0.2) is 35.0 Å². The predicted octanol–water partition coefficient (Wildman–Crippen LogP) is -0.179. The molecule has 1 fully saturated rings. The second kappa shape index (κ2) is 5.18. The summed E-state index contributed by atoms with van der Waals surface area (Å²) >= 11 is 0. The maximum Gasteiger partial charge on any atom is 0.323 e. The van der Waals surface area contributed by atoms with E-state index in [1.807, 2.05) is 6.92 Å². The number of hydrogen-bond acceptors (Lipinski definition) is 3. The highest BCUT2D eigenvalue weighted by atomic mass is 16.2. The first-order valence-electron chi connectivity index (χ1n) is 5.96. The molecule has 1 aliphatic rings. The van der Waals surface area contributed by atoms with Crippen molar-refractivity contribution in [1.29, 1.82) is 0 Å². The fourth-order valence-electron chi connectivity index (χ4n) is 2.16. The zero-order valence-electron chi connectivity index (χ0n) is 9.88. The number of H-pyrrole nitrogens is 2. The molecule has 6 nitrogen and oxygen atoms in total. The molecule has 0 radical (unpaired) electrons. The summed E-state index contributed by atoms with van der Waals surface area (Å²) in [6, 6.07) is 0.105. The van der Waals surface area contributed by atoms with Crippen LogP contribution in [0.3, 0.4) is 0 Å². The summed E-state index contributed by atoms with van der Waals surface area (Å²) in [6.45, 7) is 3.99. The monoisotopic (exact) mass is 238 g/mol. The Labute approximate surface area is 99.2 Å². The van der Waals surface area contributed by atoms with Crippen LogP contribution in [0, 0.1) is 5.92 Å². The smallest absolute Gasteiger partial charge is 0.323 e. The summed E-state index contributed by atoms with van der Waals surface area (Å²) in [6.07, 6.45) is 3.66. The molecule has 17 heavy (non-hydrogen) atoms. The summed E-state index contributed by atoms with van der Waals surface area (Å²) < 4.78 is 0. The van der Waals surface area contributed by atoms with Crippen LogP contribution in [0.25, 0.3) is 0 Å². The van der Waals surface area contributed by atoms with Gasteiger partial charge in [0, 0.05) is 12.2 Å². The van der Waals surface area contributed by atoms with E-state index in [9.17, 15) is 9.59 Å². The first-order valence-corrected chi connectivity index (χ1v) is 5.96. The van der Waals surface area contributed by atoms with Crippen molar-refractivity contribution >= 4 is 5.91 Å². The van der Waals surface area contributed by atoms with Gasteiger partial charge in [0.2, 0.25) is 0 Å². The van der Waals surface area contributed by atoms with E-state index >= 15 is 0 Å². The average Bonchev–Trinajstić information content (AvgIpc) is 2.77. The van der Waals surface area contributed by atoms with Crippen LogP contribution in [0.1, 0.15) is 30.3 Å². The summed E-state index contributed by atoms with van der Waals surface area (Å²) in [5.74, 6) is 0.222. The molecule has 0 saturated carbocycles. The highest BCUT2D eigenvalue weighted by Gasteiger charge is 2.22. The minimum atomic E-state index is -0.359. The highest BCUT2D eigenvalue weighted by molar-refractivity contribution is 5.92. The summed E-state index contributed by atoms with van der Waals surface area (Å²) in [4.78, 5) is 27.5. The van der Waals surface area contributed by atoms with Gasteiger partial charge >= 0.3 is 5.69 Å². The molecule has 2 heterocycles. The average molecular weight is 238 g/mol. The zero-order valence-corrected chi connectivity index (χ0v) is 9.88. The van der Waals surface area contributed by atoms with E-state index in [2.05, 4.69) is 20.6 Å². The lowest BCUT2D eigenvalue weighted by atomic mass is 9.93. The Balaban J connectivity index is 1.91. The van der Waals surface area contributed by atoms with E-state index in [0.717, 1.165) is 25.9 Å². The number of piperidine rings is 1. The summed E-state index contributed by atoms with van der Waals surface area (Å²) in [7, 11) is 0. The van der Waals surface area contributed by atoms with Crippen molar-refractivity contribution in [2.75, 3.05) is 13.1 Å². The fraction of sp³-hybridized carbons (Fsp3) is 0.636. The van der Waals surface area contributed by atoms with Gasteiger partial charge in [-0.1, -0.05) is 0 Å². The standard InChI is InChI=1S/C11H18N4O2/c1-7(8-3-2-4-12-5-8)14-10(16)9-6-13-11(17)15-9/h6-8,12H,2-5H2,1H3,(H,14,16)(H2,13,15,17). The van der Waals surface area contributed by atoms with Crippen molar-refractivity contribution in [2.45, 2.75) is 25.8 Å². The summed E-state index contributed by atoms with van der Waals surface area (Å²) in [5, 5.41) is 6.23. The molecule has 4 N–H and O–H groups in total. The molecule has 1 aromatic heterocycles. The van der Waals surface area contributed by atoms with E-state index in [1.165, 1.54) is 6.20 Å². The molecule has 1 aliphatic heterocycles. The minimum absolute atomic E-state index is 0.105. The molecule has 0 aliphatic carbocycles. The zero-order chi connectivity index (χ0) is 12.3. The molecule has 2 rings (SSSR count). The maximum atomic E-state index is 11.8. The number of aromatic amines is 2. The van der Waals surface area contributed by atoms with Gasteiger partial charge in [0.05, 0.1) is 0 Å². The maximum absolute atomic E-state index is 11.8. The van der Waals surface area contributed by atoms with Gasteiger partial charge in [-0.05, 0) is 38.8 Å². The van der Waals surface area contributed by atoms with Crippen molar-refractivity contribution in [3.8, 4) is 0 Å². The van der Waals surface area contributed by atoms with E-state index in [1.54, 1.807) is 0 Å². The van der Waals surface area contributed by atoms with Crippen LogP contribution >= 0.6 is 0 Å². The first kappa shape index (κ1) is 11.9. The van der Waals surface area contributed by atoms with E-state index in [-0.39, 0.29) is 23.3 Å². The first-order chi connectivity index (χ1) is 8.16. The molecule has 1 aromatic rings. The Hall–Kier alpha value is -1.56. The van der Waals surface area contributed by atoms with Gasteiger partial charge in [0.25, 0.3) is 5.91 Å². The number of aromatic nitrogens is 2. The van der Waals surface area contributed by atoms with Gasteiger partial charge in [-0.15, -0.1) is 0 Å². The lowest BCUT2D eigenvalue weighted by Crippen LogP contribution is -2.44. The van der Waals surface area contributed by atoms with Crippen molar-refractivity contribution in [3.63, 3.8) is 0 Å². The van der Waals surface area contributed by atoms with Gasteiger partial charge in [-0.3, -0.25) is 4.79 Å². The van der Waals surface area contributed by atoms with Crippen molar-refractivity contribution < 1.29 is 4.79 Å². The third-order valence-electron chi connectivity index (χ3n) is 3.24. The summed E-state index contributed by atoms with van der Waals surface area (Å²) in [5.41, 5.74) is -0.0762. The molecular formula is C11H18N4O2. The lowest BCUT2D eigenvalue weighted by Gasteiger charge is -2.28. The minimum Gasteiger partial charge on any atom is -0.348 e. The van der Waals surface area contributed by atoms with Crippen molar-refractivity contribution in [3.05, 3.63) is 22.4 Å². The van der Waals surface area contributed by atoms with Gasteiger partial charge in [-0.25, -0.2) is 4.79 Å². The highest BCUT2D eigenvalue weighted by Crippen LogP contribution is 2.14. The Morgan fingerprint density at radius 1 is 1.59 bits per heavy atom. The Morgan fingerprint density at radius 2 is 2.41 bits per heavy atom. The third-order valence-corrected chi connectivity index (χ3v) is 3.24. The van der Waals surface area contributed by atoms with Crippen molar-refractivity contribution in [1.82, 2.24) is 20.6 Å². The molecule has 2 atom stereocenters. The molecular weight excluding hydrogens is 220 g/mol. The molecule has 1 amide bonds. The Morgan fingerprint density at radius 3 is 3.00 bits per heavy atom. The van der Waals surface area contributed by atoms with Gasteiger partial charge in [-0.2, -0.15) is 0 Å². The van der Waals surface area contributed by atoms with Gasteiger partial charge in [0.15, 0.2) is 0 Å². The number of carbonyl (C=O) groups excluding carboxylic acids is 1. The molecule has 94 valence electrons. The van der Waals surface area contributed by atoms with E-state index in [0.29, 0.717) is 5.92 Å². The van der Waals surface area contributed by atoms with Crippen LogP contribution in [0.4, 0.5) is 0 Å². The number of carbonyl (C=O) groups is 1. The van der Waals surface area contributed by atoms with Crippen molar-refractivity contribution in [2.24, 2.45) is 5.92 Å². The van der Waals surface area contributed by atoms with Crippen LogP contribution in [0.15, 0.2) is 11.0 Å². The number of nitrogens with one attached hydrogen (secondary N) is 4. The van der Waals surface area contributed by atoms with Crippen LogP contribution in [-0.2, 0) is 0 Å². The van der Waals surface area contributed by atoms with Gasteiger partial charge < -0.3 is 20.6 Å². The number of rotatable bonds is 3. The molecule has 6 heteroatoms. The molecule has 0 bridgehead atoms. The Kier molecular flexibility index (Phi) is 3.63. The molecule has 0 aromatic carbocycles. The van der Waals surface area contributed by atoms with E-state index in [4.69, 9.17) is 0 Å². The molecule has 2 unspecified atom stereocenters. The second-order valence-corrected chi connectivity index (χ2v) is 4.53. The number of hydrogen-bond donors (Lipinski definition) is 4. The normalized spacial score (nSPS) is 22.1. The van der Waals surface area contributed by atoms with Crippen LogP contribution in [0.2, 0.25) is 0 Å². The Bertz CT molecular complexity index is 431. The largest absolute Gasteiger partial charge is 0.348 e. The van der Waals surface area contributed by atoms with Crippen LogP contribution < -0.4 is 16.3 Å². The lowest BCUT2D eigenvalue weighted by molar-refractivity contribution is 0.0917. The topological polar surface area (TPSA) is 89.8 Å². The third kappa shape index (κ3) is 2.97. The predicted molar refractivity (Wildman–Crippen MR) is 63.9 cm³/mol.